The van der Waals surface area contributed by atoms with E-state index in [1.807, 2.05) is 43.3 Å². The highest BCUT2D eigenvalue weighted by atomic mass is 35.5. The summed E-state index contributed by atoms with van der Waals surface area (Å²) in [7, 11) is 4.35. The molecule has 1 aliphatic carbocycles. The van der Waals surface area contributed by atoms with E-state index in [-0.39, 0.29) is 23.6 Å². The Balaban J connectivity index is 1.70. The summed E-state index contributed by atoms with van der Waals surface area (Å²) >= 11 is 12.4. The van der Waals surface area contributed by atoms with Gasteiger partial charge < -0.3 is 24.6 Å². The first-order chi connectivity index (χ1) is 17.7. The van der Waals surface area contributed by atoms with Crippen LogP contribution in [0.5, 0.6) is 5.75 Å². The van der Waals surface area contributed by atoms with Crippen LogP contribution in [-0.2, 0) is 25.9 Å². The van der Waals surface area contributed by atoms with Gasteiger partial charge in [-0.05, 0) is 37.6 Å². The lowest BCUT2D eigenvalue weighted by atomic mass is 10.0. The number of oxime groups is 3. The maximum absolute atomic E-state index is 12.3. The number of ether oxygens (including phenoxy) is 1. The number of benzene rings is 2. The quantitative estimate of drug-likeness (QED) is 0.235. The third kappa shape index (κ3) is 6.93. The van der Waals surface area contributed by atoms with Gasteiger partial charge in [0.05, 0.1) is 6.61 Å². The number of hydrogen-bond donors (Lipinski definition) is 1. The number of alkyl halides is 2. The molecule has 0 bridgehead atoms. The summed E-state index contributed by atoms with van der Waals surface area (Å²) in [5.41, 5.74) is 2.88. The topological polar surface area (TPSA) is 103 Å². The summed E-state index contributed by atoms with van der Waals surface area (Å²) in [4.78, 5) is 27.8. The summed E-state index contributed by atoms with van der Waals surface area (Å²) in [5, 5.41) is 14.7. The van der Waals surface area contributed by atoms with E-state index < -0.39 is 4.33 Å². The summed E-state index contributed by atoms with van der Waals surface area (Å²) in [5.74, 6) is 0.302. The number of rotatable bonds is 12. The molecule has 37 heavy (non-hydrogen) atoms. The lowest BCUT2D eigenvalue weighted by Gasteiger charge is -2.14. The van der Waals surface area contributed by atoms with Gasteiger partial charge in [0, 0.05) is 29.2 Å². The molecule has 1 unspecified atom stereocenters. The van der Waals surface area contributed by atoms with E-state index in [0.29, 0.717) is 41.3 Å². The number of nitrogens with zero attached hydrogens (tertiary/aromatic N) is 3. The molecule has 1 aliphatic rings. The van der Waals surface area contributed by atoms with Crippen LogP contribution in [0.2, 0.25) is 0 Å². The van der Waals surface area contributed by atoms with Crippen molar-refractivity contribution in [3.8, 4) is 5.75 Å². The van der Waals surface area contributed by atoms with E-state index in [4.69, 9.17) is 42.5 Å². The molecule has 0 heterocycles. The highest BCUT2D eigenvalue weighted by Gasteiger charge is 2.63. The smallest absolute Gasteiger partial charge is 0.273 e. The number of likely N-dealkylation sites (N-methyl/N-ethyl adjacent to an activating group) is 1. The molecule has 0 saturated heterocycles. The maximum Gasteiger partial charge on any atom is 0.273 e. The average Bonchev–Trinajstić information content (AvgIpc) is 3.41. The van der Waals surface area contributed by atoms with E-state index >= 15 is 0 Å². The zero-order chi connectivity index (χ0) is 27.1. The minimum Gasteiger partial charge on any atom is -0.493 e. The normalized spacial score (nSPS) is 19.2. The van der Waals surface area contributed by atoms with Gasteiger partial charge in [-0.1, -0.05) is 46.7 Å². The molecule has 0 radical (unpaired) electrons. The molecule has 9 nitrogen and oxygen atoms in total. The number of nitrogens with one attached hydrogen (secondary N) is 1. The molecule has 1 amide bonds. The Morgan fingerprint density at radius 2 is 1.62 bits per heavy atom. The van der Waals surface area contributed by atoms with Crippen molar-refractivity contribution >= 4 is 46.2 Å². The number of hydrogen-bond acceptors (Lipinski definition) is 8. The molecular formula is C26H30Cl2N4O5. The fourth-order valence-electron chi connectivity index (χ4n) is 3.51. The van der Waals surface area contributed by atoms with Crippen LogP contribution in [0.3, 0.4) is 0 Å². The minimum absolute atomic E-state index is 0.0850. The van der Waals surface area contributed by atoms with Crippen LogP contribution in [0, 0.1) is 5.41 Å². The van der Waals surface area contributed by atoms with Gasteiger partial charge >= 0.3 is 0 Å². The highest BCUT2D eigenvalue weighted by Crippen LogP contribution is 2.63. The number of carbonyl (C=O) groups is 1. The molecule has 11 heteroatoms. The van der Waals surface area contributed by atoms with Crippen molar-refractivity contribution in [2.24, 2.45) is 20.9 Å². The van der Waals surface area contributed by atoms with Crippen molar-refractivity contribution in [3.05, 3.63) is 65.2 Å². The predicted octanol–water partition coefficient (Wildman–Crippen LogP) is 4.69. The van der Waals surface area contributed by atoms with Gasteiger partial charge in [-0.25, -0.2) is 0 Å². The van der Waals surface area contributed by atoms with E-state index in [0.717, 1.165) is 5.56 Å². The first-order valence-corrected chi connectivity index (χ1v) is 12.2. The molecule has 1 N–H and O–H groups in total. The molecule has 0 spiro atoms. The second-order valence-electron chi connectivity index (χ2n) is 8.69. The van der Waals surface area contributed by atoms with Gasteiger partial charge in [-0.2, -0.15) is 0 Å². The molecular weight excluding hydrogens is 519 g/mol. The van der Waals surface area contributed by atoms with Crippen LogP contribution in [0.4, 0.5) is 0 Å². The molecule has 2 aromatic carbocycles. The predicted molar refractivity (Wildman–Crippen MR) is 145 cm³/mol. The first kappa shape index (κ1) is 28.3. The summed E-state index contributed by atoms with van der Waals surface area (Å²) in [6.45, 7) is 4.25. The second kappa shape index (κ2) is 12.3. The van der Waals surface area contributed by atoms with E-state index in [1.54, 1.807) is 19.1 Å². The van der Waals surface area contributed by atoms with Gasteiger partial charge in [0.2, 0.25) is 0 Å². The Bertz CT molecular complexity index is 1200. The monoisotopic (exact) mass is 548 g/mol. The Morgan fingerprint density at radius 3 is 2.22 bits per heavy atom. The van der Waals surface area contributed by atoms with Crippen LogP contribution >= 0.6 is 23.2 Å². The SMILES string of the molecule is CNC(=O)C(=NOC)c1ccccc1CON=C(C)C(=NOC)c1ccc(OCC2(C)CC2(Cl)Cl)cc1. The van der Waals surface area contributed by atoms with Crippen LogP contribution in [-0.4, -0.2) is 55.2 Å². The third-order valence-corrected chi connectivity index (χ3v) is 7.08. The molecule has 0 aliphatic heterocycles. The molecule has 1 atom stereocenters. The zero-order valence-corrected chi connectivity index (χ0v) is 22.9. The van der Waals surface area contributed by atoms with Crippen molar-refractivity contribution in [1.29, 1.82) is 0 Å². The summed E-state index contributed by atoms with van der Waals surface area (Å²) in [6.07, 6.45) is 0.693. The Kier molecular flexibility index (Phi) is 9.39. The fraction of sp³-hybridized carbons (Fsp3) is 0.385. The Labute approximate surface area is 226 Å². The molecule has 2 aromatic rings. The number of carbonyl (C=O) groups excluding carboxylic acids is 1. The van der Waals surface area contributed by atoms with Crippen molar-refractivity contribution in [1.82, 2.24) is 5.32 Å². The van der Waals surface area contributed by atoms with Gasteiger partial charge in [0.1, 0.15) is 42.3 Å². The molecule has 1 saturated carbocycles. The molecule has 3 rings (SSSR count). The van der Waals surface area contributed by atoms with Gasteiger partial charge in [0.25, 0.3) is 5.91 Å². The van der Waals surface area contributed by atoms with E-state index in [1.165, 1.54) is 21.3 Å². The standard InChI is InChI=1S/C26H30Cl2N4O5/c1-17(30-37-14-19-8-6-7-9-21(19)23(32-35-5)24(33)29-3)22(31-34-4)18-10-12-20(13-11-18)36-16-25(2)15-26(25,27)28/h6-13H,14-16H2,1-5H3,(H,29,33). The Hall–Kier alpha value is -3.30. The first-order valence-electron chi connectivity index (χ1n) is 11.5. The minimum atomic E-state index is -0.736. The van der Waals surface area contributed by atoms with Crippen LogP contribution in [0.25, 0.3) is 0 Å². The van der Waals surface area contributed by atoms with Crippen LogP contribution in [0.1, 0.15) is 37.0 Å². The van der Waals surface area contributed by atoms with Crippen molar-refractivity contribution < 1.29 is 24.0 Å². The maximum atomic E-state index is 12.3. The second-order valence-corrected chi connectivity index (χ2v) is 10.2. The lowest BCUT2D eigenvalue weighted by Crippen LogP contribution is -2.29. The number of halogens is 2. The van der Waals surface area contributed by atoms with Crippen LogP contribution < -0.4 is 10.1 Å². The van der Waals surface area contributed by atoms with Crippen LogP contribution in [0.15, 0.2) is 64.0 Å². The van der Waals surface area contributed by atoms with Crippen molar-refractivity contribution in [2.45, 2.75) is 31.2 Å². The zero-order valence-electron chi connectivity index (χ0n) is 21.4. The average molecular weight is 549 g/mol. The van der Waals surface area contributed by atoms with Gasteiger partial charge in [-0.15, -0.1) is 23.2 Å². The largest absolute Gasteiger partial charge is 0.493 e. The van der Waals surface area contributed by atoms with E-state index in [9.17, 15) is 4.79 Å². The van der Waals surface area contributed by atoms with Crippen molar-refractivity contribution in [3.63, 3.8) is 0 Å². The summed E-state index contributed by atoms with van der Waals surface area (Å²) in [6, 6.07) is 14.6. The highest BCUT2D eigenvalue weighted by molar-refractivity contribution is 6.51. The van der Waals surface area contributed by atoms with Gasteiger partial charge in [0.15, 0.2) is 5.71 Å². The Morgan fingerprint density at radius 1 is 1.00 bits per heavy atom. The molecule has 1 fully saturated rings. The van der Waals surface area contributed by atoms with Gasteiger partial charge in [-0.3, -0.25) is 4.79 Å². The fourth-order valence-corrected chi connectivity index (χ4v) is 4.21. The summed E-state index contributed by atoms with van der Waals surface area (Å²) < 4.78 is 5.13. The van der Waals surface area contributed by atoms with E-state index in [2.05, 4.69) is 20.8 Å². The van der Waals surface area contributed by atoms with Crippen molar-refractivity contribution in [2.75, 3.05) is 27.9 Å². The number of amides is 1. The molecule has 0 aromatic heterocycles. The lowest BCUT2D eigenvalue weighted by molar-refractivity contribution is -0.114. The third-order valence-electron chi connectivity index (χ3n) is 5.90. The molecule has 198 valence electrons.